The maximum absolute atomic E-state index is 10.3. The van der Waals surface area contributed by atoms with Crippen LogP contribution in [0.2, 0.25) is 0 Å². The van der Waals surface area contributed by atoms with Gasteiger partial charge in [-0.15, -0.1) is 0 Å². The van der Waals surface area contributed by atoms with Crippen molar-refractivity contribution < 1.29 is 9.84 Å². The van der Waals surface area contributed by atoms with Gasteiger partial charge < -0.3 is 20.5 Å². The molecule has 0 aliphatic heterocycles. The number of nitrogens with one attached hydrogen (secondary N) is 2. The van der Waals surface area contributed by atoms with Gasteiger partial charge >= 0.3 is 0 Å². The summed E-state index contributed by atoms with van der Waals surface area (Å²) in [5.74, 6) is 1.09. The van der Waals surface area contributed by atoms with Crippen molar-refractivity contribution >= 4 is 11.4 Å². The highest BCUT2D eigenvalue weighted by Crippen LogP contribution is 2.28. The molecule has 128 valence electrons. The standard InChI is InChI=1S/C21H22N2O2/c1-25-18-13-11-17(12-14-18)23-20(19-9-5-6-10-21(19)24)15-22-16-7-3-2-4-8-16/h2-14,20,22-24H,15H2,1H3. The molecule has 0 radical (unpaired) electrons. The summed E-state index contributed by atoms with van der Waals surface area (Å²) in [6, 6.07) is 25.1. The maximum Gasteiger partial charge on any atom is 0.120 e. The fourth-order valence-corrected chi connectivity index (χ4v) is 2.69. The SMILES string of the molecule is COc1ccc(NC(CNc2ccccc2)c2ccccc2O)cc1. The molecule has 3 aromatic carbocycles. The average Bonchev–Trinajstić information content (AvgIpc) is 2.67. The Morgan fingerprint density at radius 2 is 1.52 bits per heavy atom. The average molecular weight is 334 g/mol. The van der Waals surface area contributed by atoms with Gasteiger partial charge in [-0.25, -0.2) is 0 Å². The van der Waals surface area contributed by atoms with Crippen molar-refractivity contribution in [2.45, 2.75) is 6.04 Å². The van der Waals surface area contributed by atoms with Crippen LogP contribution in [-0.4, -0.2) is 18.8 Å². The number of para-hydroxylation sites is 2. The van der Waals surface area contributed by atoms with Gasteiger partial charge in [0.25, 0.3) is 0 Å². The highest BCUT2D eigenvalue weighted by molar-refractivity contribution is 5.51. The van der Waals surface area contributed by atoms with E-state index in [0.717, 1.165) is 22.7 Å². The first-order valence-corrected chi connectivity index (χ1v) is 8.23. The first kappa shape index (κ1) is 16.7. The fraction of sp³-hybridized carbons (Fsp3) is 0.143. The molecular weight excluding hydrogens is 312 g/mol. The van der Waals surface area contributed by atoms with E-state index in [4.69, 9.17) is 4.74 Å². The van der Waals surface area contributed by atoms with Gasteiger partial charge in [-0.3, -0.25) is 0 Å². The van der Waals surface area contributed by atoms with Gasteiger partial charge in [0, 0.05) is 23.5 Å². The second kappa shape index (κ2) is 8.11. The van der Waals surface area contributed by atoms with Gasteiger partial charge in [-0.05, 0) is 42.5 Å². The van der Waals surface area contributed by atoms with Crippen LogP contribution in [0, 0.1) is 0 Å². The molecule has 4 nitrogen and oxygen atoms in total. The second-order valence-corrected chi connectivity index (χ2v) is 5.73. The van der Waals surface area contributed by atoms with Crippen molar-refractivity contribution in [3.63, 3.8) is 0 Å². The van der Waals surface area contributed by atoms with Crippen LogP contribution in [0.1, 0.15) is 11.6 Å². The number of phenols is 1. The molecule has 0 amide bonds. The van der Waals surface area contributed by atoms with Gasteiger partial charge in [0.1, 0.15) is 11.5 Å². The van der Waals surface area contributed by atoms with Crippen LogP contribution in [0.25, 0.3) is 0 Å². The Hall–Kier alpha value is -3.14. The van der Waals surface area contributed by atoms with Crippen molar-refractivity contribution in [3.05, 3.63) is 84.4 Å². The minimum atomic E-state index is -0.0881. The molecule has 4 heteroatoms. The van der Waals surface area contributed by atoms with Crippen LogP contribution in [0.4, 0.5) is 11.4 Å². The third kappa shape index (κ3) is 4.44. The van der Waals surface area contributed by atoms with E-state index < -0.39 is 0 Å². The van der Waals surface area contributed by atoms with E-state index in [-0.39, 0.29) is 11.8 Å². The van der Waals surface area contributed by atoms with Gasteiger partial charge in [0.15, 0.2) is 0 Å². The smallest absolute Gasteiger partial charge is 0.120 e. The predicted octanol–water partition coefficient (Wildman–Crippen LogP) is 4.67. The molecule has 1 unspecified atom stereocenters. The Morgan fingerprint density at radius 3 is 2.20 bits per heavy atom. The third-order valence-corrected chi connectivity index (χ3v) is 4.03. The zero-order valence-corrected chi connectivity index (χ0v) is 14.1. The van der Waals surface area contributed by atoms with Crippen molar-refractivity contribution in [1.82, 2.24) is 0 Å². The summed E-state index contributed by atoms with van der Waals surface area (Å²) >= 11 is 0. The van der Waals surface area contributed by atoms with Gasteiger partial charge in [-0.1, -0.05) is 36.4 Å². The highest BCUT2D eigenvalue weighted by atomic mass is 16.5. The van der Waals surface area contributed by atoms with E-state index in [1.54, 1.807) is 13.2 Å². The van der Waals surface area contributed by atoms with Crippen LogP contribution < -0.4 is 15.4 Å². The third-order valence-electron chi connectivity index (χ3n) is 4.03. The van der Waals surface area contributed by atoms with E-state index in [1.165, 1.54) is 0 Å². The van der Waals surface area contributed by atoms with E-state index in [0.29, 0.717) is 6.54 Å². The first-order chi connectivity index (χ1) is 12.3. The van der Waals surface area contributed by atoms with E-state index in [9.17, 15) is 5.11 Å². The molecule has 0 saturated carbocycles. The molecule has 0 heterocycles. The number of methoxy groups -OCH3 is 1. The van der Waals surface area contributed by atoms with Crippen molar-refractivity contribution in [3.8, 4) is 11.5 Å². The predicted molar refractivity (Wildman–Crippen MR) is 102 cm³/mol. The van der Waals surface area contributed by atoms with Gasteiger partial charge in [-0.2, -0.15) is 0 Å². The number of hydrogen-bond donors (Lipinski definition) is 3. The molecule has 0 spiro atoms. The van der Waals surface area contributed by atoms with E-state index in [2.05, 4.69) is 10.6 Å². The van der Waals surface area contributed by atoms with Crippen LogP contribution in [0.15, 0.2) is 78.9 Å². The number of ether oxygens (including phenoxy) is 1. The molecule has 3 aromatic rings. The summed E-state index contributed by atoms with van der Waals surface area (Å²) in [5, 5.41) is 17.1. The maximum atomic E-state index is 10.3. The number of phenolic OH excluding ortho intramolecular Hbond substituents is 1. The van der Waals surface area contributed by atoms with Gasteiger partial charge in [0.2, 0.25) is 0 Å². The van der Waals surface area contributed by atoms with Crippen molar-refractivity contribution in [2.24, 2.45) is 0 Å². The van der Waals surface area contributed by atoms with Crippen molar-refractivity contribution in [1.29, 1.82) is 0 Å². The molecule has 0 aromatic heterocycles. The lowest BCUT2D eigenvalue weighted by atomic mass is 10.0. The largest absolute Gasteiger partial charge is 0.508 e. The van der Waals surface area contributed by atoms with Crippen LogP contribution in [0.5, 0.6) is 11.5 Å². The molecule has 0 aliphatic rings. The monoisotopic (exact) mass is 334 g/mol. The lowest BCUT2D eigenvalue weighted by molar-refractivity contribution is 0.415. The Labute approximate surface area is 148 Å². The summed E-state index contributed by atoms with van der Waals surface area (Å²) in [4.78, 5) is 0. The van der Waals surface area contributed by atoms with E-state index in [1.807, 2.05) is 72.8 Å². The highest BCUT2D eigenvalue weighted by Gasteiger charge is 2.15. The summed E-state index contributed by atoms with van der Waals surface area (Å²) in [5.41, 5.74) is 2.85. The number of benzene rings is 3. The van der Waals surface area contributed by atoms with E-state index >= 15 is 0 Å². The first-order valence-electron chi connectivity index (χ1n) is 8.23. The Morgan fingerprint density at radius 1 is 0.840 bits per heavy atom. The Kier molecular flexibility index (Phi) is 5.42. The Bertz CT molecular complexity index is 789. The van der Waals surface area contributed by atoms with Crippen LogP contribution in [0.3, 0.4) is 0 Å². The molecule has 1 atom stereocenters. The molecular formula is C21H22N2O2. The molecule has 0 fully saturated rings. The summed E-state index contributed by atoms with van der Waals surface area (Å²) < 4.78 is 5.20. The number of aromatic hydroxyl groups is 1. The summed E-state index contributed by atoms with van der Waals surface area (Å²) in [6.45, 7) is 0.633. The minimum absolute atomic E-state index is 0.0881. The Balaban J connectivity index is 1.79. The number of rotatable bonds is 7. The van der Waals surface area contributed by atoms with Crippen molar-refractivity contribution in [2.75, 3.05) is 24.3 Å². The normalized spacial score (nSPS) is 11.6. The van der Waals surface area contributed by atoms with Crippen LogP contribution in [-0.2, 0) is 0 Å². The summed E-state index contributed by atoms with van der Waals surface area (Å²) in [7, 11) is 1.65. The quantitative estimate of drug-likeness (QED) is 0.588. The molecule has 0 aliphatic carbocycles. The molecule has 25 heavy (non-hydrogen) atoms. The molecule has 3 rings (SSSR count). The number of anilines is 2. The second-order valence-electron chi connectivity index (χ2n) is 5.73. The fourth-order valence-electron chi connectivity index (χ4n) is 2.69. The molecule has 0 saturated heterocycles. The lowest BCUT2D eigenvalue weighted by Crippen LogP contribution is -2.20. The zero-order chi connectivity index (χ0) is 17.5. The number of hydrogen-bond acceptors (Lipinski definition) is 4. The minimum Gasteiger partial charge on any atom is -0.508 e. The van der Waals surface area contributed by atoms with Gasteiger partial charge in [0.05, 0.1) is 13.2 Å². The molecule has 3 N–H and O–H groups in total. The molecule has 0 bridgehead atoms. The lowest BCUT2D eigenvalue weighted by Gasteiger charge is -2.22. The zero-order valence-electron chi connectivity index (χ0n) is 14.1. The summed E-state index contributed by atoms with van der Waals surface area (Å²) in [6.07, 6.45) is 0. The van der Waals surface area contributed by atoms with Crippen LogP contribution >= 0.6 is 0 Å². The topological polar surface area (TPSA) is 53.5 Å².